The van der Waals surface area contributed by atoms with E-state index in [0.717, 1.165) is 25.1 Å². The van der Waals surface area contributed by atoms with Gasteiger partial charge in [-0.25, -0.2) is 18.4 Å². The van der Waals surface area contributed by atoms with E-state index in [2.05, 4.69) is 20.1 Å². The average molecular weight is 491 g/mol. The summed E-state index contributed by atoms with van der Waals surface area (Å²) in [5.74, 6) is 0.0883. The Morgan fingerprint density at radius 3 is 2.56 bits per heavy atom. The van der Waals surface area contributed by atoms with Gasteiger partial charge in [-0.2, -0.15) is 18.3 Å². The fourth-order valence-electron chi connectivity index (χ4n) is 3.97. The Labute approximate surface area is 193 Å². The number of hydrogen-bond donors (Lipinski definition) is 0. The van der Waals surface area contributed by atoms with E-state index in [1.807, 2.05) is 6.07 Å². The first-order valence-electron chi connectivity index (χ1n) is 10.7. The number of fused-ring (bicyclic) bond motifs is 1. The molecule has 0 aliphatic heterocycles. The van der Waals surface area contributed by atoms with Crippen molar-refractivity contribution in [3.05, 3.63) is 53.7 Å². The van der Waals surface area contributed by atoms with E-state index < -0.39 is 21.7 Å². The first kappa shape index (κ1) is 22.5. The van der Waals surface area contributed by atoms with Crippen molar-refractivity contribution in [1.82, 2.24) is 29.3 Å². The number of halogens is 3. The second-order valence-electron chi connectivity index (χ2n) is 8.27. The van der Waals surface area contributed by atoms with Gasteiger partial charge in [-0.3, -0.25) is 9.67 Å². The minimum atomic E-state index is -4.62. The van der Waals surface area contributed by atoms with Gasteiger partial charge in [-0.15, -0.1) is 0 Å². The number of nitrogens with zero attached hydrogens (tertiary/aromatic N) is 6. The summed E-state index contributed by atoms with van der Waals surface area (Å²) in [7, 11) is -2.10. The Hall–Kier alpha value is -3.28. The maximum absolute atomic E-state index is 13.3. The summed E-state index contributed by atoms with van der Waals surface area (Å²) in [4.78, 5) is 12.4. The van der Waals surface area contributed by atoms with Gasteiger partial charge in [-0.05, 0) is 31.0 Å². The third-order valence-corrected chi connectivity index (χ3v) is 7.68. The molecule has 1 aliphatic rings. The normalized spacial score (nSPS) is 14.7. The van der Waals surface area contributed by atoms with Crippen LogP contribution in [0.3, 0.4) is 0 Å². The molecule has 1 saturated carbocycles. The number of aromatic nitrogens is 6. The predicted molar refractivity (Wildman–Crippen MR) is 118 cm³/mol. The second-order valence-corrected chi connectivity index (χ2v) is 10.5. The zero-order chi connectivity index (χ0) is 24.3. The molecule has 1 fully saturated rings. The largest absolute Gasteiger partial charge is 0.433 e. The molecule has 0 saturated heterocycles. The van der Waals surface area contributed by atoms with E-state index in [1.54, 1.807) is 41.5 Å². The van der Waals surface area contributed by atoms with Gasteiger partial charge in [0.05, 0.1) is 40.9 Å². The van der Waals surface area contributed by atoms with Crippen LogP contribution in [-0.4, -0.2) is 43.5 Å². The molecule has 0 bridgehead atoms. The number of sulfone groups is 1. The van der Waals surface area contributed by atoms with Crippen LogP contribution in [0.4, 0.5) is 13.2 Å². The van der Waals surface area contributed by atoms with Crippen LogP contribution < -0.4 is 0 Å². The Bertz CT molecular complexity index is 1490. The molecule has 0 spiro atoms. The lowest BCUT2D eigenvalue weighted by Crippen LogP contribution is -2.11. The van der Waals surface area contributed by atoms with Crippen LogP contribution in [0.2, 0.25) is 0 Å². The van der Waals surface area contributed by atoms with Crippen LogP contribution in [0.1, 0.15) is 42.8 Å². The standard InChI is InChI=1S/C22H21F3N6O2S/c1-3-34(32,33)20-18(13-7-8-13)29-31(12-14-6-4-5-9-26-14)19(20)21-28-15-10-17(22(23,24)25)27-11-16(15)30(21)2/h4-6,9-11,13H,3,7-8,12H2,1-2H3. The number of aryl methyl sites for hydroxylation is 1. The predicted octanol–water partition coefficient (Wildman–Crippen LogP) is 3.96. The van der Waals surface area contributed by atoms with Gasteiger partial charge in [-0.1, -0.05) is 13.0 Å². The van der Waals surface area contributed by atoms with Crippen molar-refractivity contribution < 1.29 is 21.6 Å². The molecule has 1 aliphatic carbocycles. The second kappa shape index (κ2) is 7.90. The van der Waals surface area contributed by atoms with Crippen molar-refractivity contribution in [2.75, 3.05) is 5.75 Å². The fraction of sp³-hybridized carbons (Fsp3) is 0.364. The summed E-state index contributed by atoms with van der Waals surface area (Å²) in [6.07, 6.45) is -0.239. The zero-order valence-corrected chi connectivity index (χ0v) is 19.2. The number of imidazole rings is 1. The molecule has 4 aromatic heterocycles. The lowest BCUT2D eigenvalue weighted by molar-refractivity contribution is -0.141. The molecule has 0 radical (unpaired) electrons. The minimum absolute atomic E-state index is 0.0215. The Morgan fingerprint density at radius 2 is 1.94 bits per heavy atom. The maximum Gasteiger partial charge on any atom is 0.433 e. The van der Waals surface area contributed by atoms with E-state index in [9.17, 15) is 21.6 Å². The SMILES string of the molecule is CCS(=O)(=O)c1c(C2CC2)nn(Cc2ccccn2)c1-c1nc2cc(C(F)(F)F)ncc2n1C. The molecule has 0 atom stereocenters. The summed E-state index contributed by atoms with van der Waals surface area (Å²) in [6, 6.07) is 6.25. The molecule has 4 aromatic rings. The van der Waals surface area contributed by atoms with Crippen molar-refractivity contribution in [3.8, 4) is 11.5 Å². The summed E-state index contributed by atoms with van der Waals surface area (Å²) in [5.41, 5.74) is 0.746. The van der Waals surface area contributed by atoms with Crippen LogP contribution in [0.15, 0.2) is 41.6 Å². The highest BCUT2D eigenvalue weighted by atomic mass is 32.2. The molecular formula is C22H21F3N6O2S. The molecule has 0 unspecified atom stereocenters. The first-order valence-corrected chi connectivity index (χ1v) is 12.4. The van der Waals surface area contributed by atoms with Gasteiger partial charge in [0, 0.05) is 19.2 Å². The molecule has 4 heterocycles. The summed E-state index contributed by atoms with van der Waals surface area (Å²) in [5, 5.41) is 4.67. The van der Waals surface area contributed by atoms with E-state index in [-0.39, 0.29) is 40.1 Å². The smallest absolute Gasteiger partial charge is 0.325 e. The average Bonchev–Trinajstić information content (AvgIpc) is 3.51. The highest BCUT2D eigenvalue weighted by Crippen LogP contribution is 2.45. The highest BCUT2D eigenvalue weighted by molar-refractivity contribution is 7.91. The van der Waals surface area contributed by atoms with Crippen molar-refractivity contribution in [1.29, 1.82) is 0 Å². The summed E-state index contributed by atoms with van der Waals surface area (Å²) < 4.78 is 69.3. The first-order chi connectivity index (χ1) is 16.1. The van der Waals surface area contributed by atoms with Gasteiger partial charge in [0.25, 0.3) is 0 Å². The quantitative estimate of drug-likeness (QED) is 0.406. The highest BCUT2D eigenvalue weighted by Gasteiger charge is 2.39. The van der Waals surface area contributed by atoms with Gasteiger partial charge in [0.2, 0.25) is 0 Å². The molecule has 34 heavy (non-hydrogen) atoms. The van der Waals surface area contributed by atoms with E-state index in [1.165, 1.54) is 0 Å². The van der Waals surface area contributed by atoms with E-state index >= 15 is 0 Å². The molecular weight excluding hydrogens is 469 g/mol. The van der Waals surface area contributed by atoms with Crippen LogP contribution >= 0.6 is 0 Å². The van der Waals surface area contributed by atoms with Crippen molar-refractivity contribution in [2.24, 2.45) is 7.05 Å². The van der Waals surface area contributed by atoms with Crippen molar-refractivity contribution in [3.63, 3.8) is 0 Å². The topological polar surface area (TPSA) is 95.6 Å². The minimum Gasteiger partial charge on any atom is -0.325 e. The molecule has 0 N–H and O–H groups in total. The number of alkyl halides is 3. The molecule has 0 amide bonds. The fourth-order valence-corrected chi connectivity index (χ4v) is 5.28. The Balaban J connectivity index is 1.78. The molecule has 5 rings (SSSR count). The lowest BCUT2D eigenvalue weighted by Gasteiger charge is -2.10. The van der Waals surface area contributed by atoms with Crippen molar-refractivity contribution in [2.45, 2.75) is 43.3 Å². The third kappa shape index (κ3) is 3.85. The van der Waals surface area contributed by atoms with Crippen LogP contribution in [0.5, 0.6) is 0 Å². The Kier molecular flexibility index (Phi) is 5.23. The molecule has 12 heteroatoms. The lowest BCUT2D eigenvalue weighted by atomic mass is 10.2. The Morgan fingerprint density at radius 1 is 1.18 bits per heavy atom. The monoisotopic (exact) mass is 490 g/mol. The van der Waals surface area contributed by atoms with E-state index in [4.69, 9.17) is 0 Å². The maximum atomic E-state index is 13.3. The number of hydrogen-bond acceptors (Lipinski definition) is 6. The zero-order valence-electron chi connectivity index (χ0n) is 18.4. The van der Waals surface area contributed by atoms with Crippen LogP contribution in [0, 0.1) is 0 Å². The summed E-state index contributed by atoms with van der Waals surface area (Å²) in [6.45, 7) is 1.74. The number of pyridine rings is 2. The van der Waals surface area contributed by atoms with Gasteiger partial charge >= 0.3 is 6.18 Å². The third-order valence-electron chi connectivity index (χ3n) is 5.90. The van der Waals surface area contributed by atoms with Crippen molar-refractivity contribution >= 4 is 20.9 Å². The molecule has 0 aromatic carbocycles. The molecule has 178 valence electrons. The van der Waals surface area contributed by atoms with Gasteiger partial charge in [0.15, 0.2) is 15.7 Å². The van der Waals surface area contributed by atoms with Gasteiger partial charge in [0.1, 0.15) is 16.3 Å². The van der Waals surface area contributed by atoms with Crippen LogP contribution in [-0.2, 0) is 29.6 Å². The number of rotatable bonds is 6. The van der Waals surface area contributed by atoms with E-state index in [0.29, 0.717) is 16.9 Å². The van der Waals surface area contributed by atoms with Gasteiger partial charge < -0.3 is 4.57 Å². The van der Waals surface area contributed by atoms with Crippen LogP contribution in [0.25, 0.3) is 22.6 Å². The molecule has 8 nitrogen and oxygen atoms in total. The summed E-state index contributed by atoms with van der Waals surface area (Å²) >= 11 is 0.